The summed E-state index contributed by atoms with van der Waals surface area (Å²) in [6, 6.07) is 6.94. The predicted molar refractivity (Wildman–Crippen MR) is 80.3 cm³/mol. The molecule has 2 rings (SSSR count). The second-order valence-corrected chi connectivity index (χ2v) is 6.85. The SMILES string of the molecule is CCn1cnnc1CNS(=O)(=O)c1ccc(C(C)C)cc1. The summed E-state index contributed by atoms with van der Waals surface area (Å²) in [7, 11) is -3.53. The number of hydrogen-bond donors (Lipinski definition) is 1. The molecular weight excluding hydrogens is 288 g/mol. The lowest BCUT2D eigenvalue weighted by Crippen LogP contribution is -2.25. The lowest BCUT2D eigenvalue weighted by Gasteiger charge is -2.09. The minimum atomic E-state index is -3.53. The summed E-state index contributed by atoms with van der Waals surface area (Å²) in [5.41, 5.74) is 1.11. The van der Waals surface area contributed by atoms with Gasteiger partial charge in [-0.1, -0.05) is 26.0 Å². The summed E-state index contributed by atoms with van der Waals surface area (Å²) < 4.78 is 28.8. The van der Waals surface area contributed by atoms with Gasteiger partial charge in [-0.05, 0) is 30.5 Å². The van der Waals surface area contributed by atoms with Gasteiger partial charge < -0.3 is 4.57 Å². The van der Waals surface area contributed by atoms with Crippen molar-refractivity contribution in [2.24, 2.45) is 0 Å². The van der Waals surface area contributed by atoms with Gasteiger partial charge in [0.05, 0.1) is 11.4 Å². The molecule has 1 N–H and O–H groups in total. The van der Waals surface area contributed by atoms with Crippen LogP contribution in [0.15, 0.2) is 35.5 Å². The third kappa shape index (κ3) is 3.68. The molecule has 0 aliphatic heterocycles. The van der Waals surface area contributed by atoms with E-state index in [1.54, 1.807) is 23.0 Å². The van der Waals surface area contributed by atoms with Crippen LogP contribution < -0.4 is 4.72 Å². The first kappa shape index (κ1) is 15.7. The third-order valence-electron chi connectivity index (χ3n) is 3.31. The minimum absolute atomic E-state index is 0.127. The average molecular weight is 308 g/mol. The fraction of sp³-hybridized carbons (Fsp3) is 0.429. The normalized spacial score (nSPS) is 12.0. The van der Waals surface area contributed by atoms with E-state index < -0.39 is 10.0 Å². The lowest BCUT2D eigenvalue weighted by molar-refractivity contribution is 0.575. The molecule has 0 saturated carbocycles. The Morgan fingerprint density at radius 1 is 1.24 bits per heavy atom. The Morgan fingerprint density at radius 3 is 2.48 bits per heavy atom. The van der Waals surface area contributed by atoms with Crippen LogP contribution in [0.3, 0.4) is 0 Å². The van der Waals surface area contributed by atoms with E-state index >= 15 is 0 Å². The van der Waals surface area contributed by atoms with E-state index in [0.29, 0.717) is 18.3 Å². The van der Waals surface area contributed by atoms with E-state index in [1.165, 1.54) is 0 Å². The van der Waals surface area contributed by atoms with Gasteiger partial charge in [0, 0.05) is 6.54 Å². The van der Waals surface area contributed by atoms with Gasteiger partial charge in [-0.25, -0.2) is 13.1 Å². The zero-order chi connectivity index (χ0) is 15.5. The highest BCUT2D eigenvalue weighted by Crippen LogP contribution is 2.17. The second kappa shape index (κ2) is 6.36. The molecule has 1 aromatic carbocycles. The van der Waals surface area contributed by atoms with Crippen molar-refractivity contribution in [2.45, 2.75) is 44.7 Å². The van der Waals surface area contributed by atoms with Gasteiger partial charge in [0.25, 0.3) is 0 Å². The van der Waals surface area contributed by atoms with Crippen LogP contribution >= 0.6 is 0 Å². The van der Waals surface area contributed by atoms with Gasteiger partial charge in [-0.15, -0.1) is 10.2 Å². The van der Waals surface area contributed by atoms with Crippen LogP contribution in [0.1, 0.15) is 38.1 Å². The Labute approximate surface area is 125 Å². The fourth-order valence-electron chi connectivity index (χ4n) is 1.95. The maximum atomic E-state index is 12.2. The van der Waals surface area contributed by atoms with Gasteiger partial charge in [-0.2, -0.15) is 0 Å². The fourth-order valence-corrected chi connectivity index (χ4v) is 2.93. The van der Waals surface area contributed by atoms with Crippen molar-refractivity contribution in [3.8, 4) is 0 Å². The highest BCUT2D eigenvalue weighted by Gasteiger charge is 2.15. The molecule has 0 aliphatic rings. The lowest BCUT2D eigenvalue weighted by atomic mass is 10.0. The number of aromatic nitrogens is 3. The Kier molecular flexibility index (Phi) is 4.74. The monoisotopic (exact) mass is 308 g/mol. The number of hydrogen-bond acceptors (Lipinski definition) is 4. The summed E-state index contributed by atoms with van der Waals surface area (Å²) in [5, 5.41) is 7.68. The van der Waals surface area contributed by atoms with E-state index in [1.807, 2.05) is 19.1 Å². The molecule has 0 spiro atoms. The van der Waals surface area contributed by atoms with Gasteiger partial charge in [-0.3, -0.25) is 0 Å². The summed E-state index contributed by atoms with van der Waals surface area (Å²) in [6.07, 6.45) is 1.58. The third-order valence-corrected chi connectivity index (χ3v) is 4.73. The van der Waals surface area contributed by atoms with Crippen LogP contribution in [0.25, 0.3) is 0 Å². The molecule has 114 valence electrons. The van der Waals surface area contributed by atoms with Crippen LogP contribution in [0, 0.1) is 0 Å². The van der Waals surface area contributed by atoms with Crippen LogP contribution in [-0.2, 0) is 23.1 Å². The van der Waals surface area contributed by atoms with Crippen molar-refractivity contribution in [2.75, 3.05) is 0 Å². The largest absolute Gasteiger partial charge is 0.317 e. The van der Waals surface area contributed by atoms with Gasteiger partial charge in [0.2, 0.25) is 10.0 Å². The summed E-state index contributed by atoms with van der Waals surface area (Å²) in [4.78, 5) is 0.259. The first-order valence-corrected chi connectivity index (χ1v) is 8.38. The second-order valence-electron chi connectivity index (χ2n) is 5.08. The van der Waals surface area contributed by atoms with E-state index in [9.17, 15) is 8.42 Å². The highest BCUT2D eigenvalue weighted by atomic mass is 32.2. The molecule has 6 nitrogen and oxygen atoms in total. The van der Waals surface area contributed by atoms with Gasteiger partial charge in [0.15, 0.2) is 0 Å². The molecule has 1 aromatic heterocycles. The predicted octanol–water partition coefficient (Wildman–Crippen LogP) is 1.90. The molecule has 0 saturated heterocycles. The smallest absolute Gasteiger partial charge is 0.240 e. The van der Waals surface area contributed by atoms with Crippen molar-refractivity contribution < 1.29 is 8.42 Å². The maximum Gasteiger partial charge on any atom is 0.240 e. The first-order valence-electron chi connectivity index (χ1n) is 6.90. The van der Waals surface area contributed by atoms with E-state index in [4.69, 9.17) is 0 Å². The topological polar surface area (TPSA) is 76.9 Å². The zero-order valence-corrected chi connectivity index (χ0v) is 13.3. The Morgan fingerprint density at radius 2 is 1.90 bits per heavy atom. The first-order chi connectivity index (χ1) is 9.94. The van der Waals surface area contributed by atoms with Gasteiger partial charge >= 0.3 is 0 Å². The summed E-state index contributed by atoms with van der Waals surface area (Å²) in [6.45, 7) is 6.92. The molecule has 7 heteroatoms. The molecule has 0 radical (unpaired) electrons. The Bertz CT molecular complexity index is 690. The molecule has 0 bridgehead atoms. The number of nitrogens with one attached hydrogen (secondary N) is 1. The van der Waals surface area contributed by atoms with E-state index in [0.717, 1.165) is 5.56 Å². The summed E-state index contributed by atoms with van der Waals surface area (Å²) in [5.74, 6) is 0.970. The van der Waals surface area contributed by atoms with Crippen molar-refractivity contribution in [3.63, 3.8) is 0 Å². The molecule has 0 fully saturated rings. The number of nitrogens with zero attached hydrogens (tertiary/aromatic N) is 3. The van der Waals surface area contributed by atoms with Crippen molar-refractivity contribution in [3.05, 3.63) is 42.0 Å². The molecule has 0 atom stereocenters. The molecule has 2 aromatic rings. The standard InChI is InChI=1S/C14H20N4O2S/c1-4-18-10-15-17-14(18)9-16-21(19,20)13-7-5-12(6-8-13)11(2)3/h5-8,10-11,16H,4,9H2,1-3H3. The van der Waals surface area contributed by atoms with Crippen molar-refractivity contribution >= 4 is 10.0 Å². The molecule has 0 unspecified atom stereocenters. The van der Waals surface area contributed by atoms with E-state index in [-0.39, 0.29) is 11.4 Å². The van der Waals surface area contributed by atoms with Crippen molar-refractivity contribution in [1.29, 1.82) is 0 Å². The van der Waals surface area contributed by atoms with Crippen LogP contribution in [-0.4, -0.2) is 23.2 Å². The van der Waals surface area contributed by atoms with Gasteiger partial charge in [0.1, 0.15) is 12.2 Å². The van der Waals surface area contributed by atoms with Crippen molar-refractivity contribution in [1.82, 2.24) is 19.5 Å². The number of rotatable bonds is 6. The molecule has 0 amide bonds. The average Bonchev–Trinajstić information content (AvgIpc) is 2.93. The minimum Gasteiger partial charge on any atom is -0.317 e. The molecular formula is C14H20N4O2S. The molecule has 0 aliphatic carbocycles. The highest BCUT2D eigenvalue weighted by molar-refractivity contribution is 7.89. The molecule has 21 heavy (non-hydrogen) atoms. The summed E-state index contributed by atoms with van der Waals surface area (Å²) >= 11 is 0. The van der Waals surface area contributed by atoms with Crippen LogP contribution in [0.5, 0.6) is 0 Å². The zero-order valence-electron chi connectivity index (χ0n) is 12.4. The number of aryl methyl sites for hydroxylation is 1. The quantitative estimate of drug-likeness (QED) is 0.884. The number of sulfonamides is 1. The number of benzene rings is 1. The van der Waals surface area contributed by atoms with Crippen LogP contribution in [0.2, 0.25) is 0 Å². The Balaban J connectivity index is 2.11. The molecule has 1 heterocycles. The van der Waals surface area contributed by atoms with E-state index in [2.05, 4.69) is 28.8 Å². The van der Waals surface area contributed by atoms with Crippen LogP contribution in [0.4, 0.5) is 0 Å². The Hall–Kier alpha value is -1.73. The maximum absolute atomic E-state index is 12.2.